The zero-order valence-corrected chi connectivity index (χ0v) is 9.26. The Bertz CT molecular complexity index is 206. The highest BCUT2D eigenvalue weighted by molar-refractivity contribution is 5.87. The summed E-state index contributed by atoms with van der Waals surface area (Å²) in [7, 11) is 3.40. The van der Waals surface area contributed by atoms with Crippen LogP contribution in [0.15, 0.2) is 0 Å². The van der Waals surface area contributed by atoms with Crippen LogP contribution in [0.1, 0.15) is 13.8 Å². The highest BCUT2D eigenvalue weighted by atomic mass is 16.2. The van der Waals surface area contributed by atoms with Gasteiger partial charge in [0.1, 0.15) is 6.04 Å². The molecule has 0 heterocycles. The molecule has 0 saturated carbocycles. The summed E-state index contributed by atoms with van der Waals surface area (Å²) in [6.07, 6.45) is 0. The van der Waals surface area contributed by atoms with Crippen molar-refractivity contribution in [3.8, 4) is 0 Å². The van der Waals surface area contributed by atoms with Gasteiger partial charge in [0.2, 0.25) is 11.8 Å². The maximum atomic E-state index is 11.5. The largest absolute Gasteiger partial charge is 0.344 e. The van der Waals surface area contributed by atoms with Gasteiger partial charge in [0.05, 0.1) is 6.54 Å². The van der Waals surface area contributed by atoms with Crippen molar-refractivity contribution in [3.05, 3.63) is 0 Å². The third-order valence-corrected chi connectivity index (χ3v) is 1.94. The quantitative estimate of drug-likeness (QED) is 0.611. The molecule has 5 heteroatoms. The summed E-state index contributed by atoms with van der Waals surface area (Å²) in [5, 5.41) is 5.32. The van der Waals surface area contributed by atoms with Gasteiger partial charge < -0.3 is 15.5 Å². The number of rotatable bonds is 5. The minimum absolute atomic E-state index is 0.0723. The maximum absolute atomic E-state index is 11.5. The predicted molar refractivity (Wildman–Crippen MR) is 54.8 cm³/mol. The predicted octanol–water partition coefficient (Wildman–Crippen LogP) is -0.811. The van der Waals surface area contributed by atoms with Gasteiger partial charge in [-0.15, -0.1) is 0 Å². The number of nitrogens with one attached hydrogen (secondary N) is 2. The minimum atomic E-state index is -0.458. The van der Waals surface area contributed by atoms with Gasteiger partial charge in [-0.05, 0) is 20.9 Å². The van der Waals surface area contributed by atoms with Crippen LogP contribution in [0.2, 0.25) is 0 Å². The molecule has 0 aromatic carbocycles. The van der Waals surface area contributed by atoms with Gasteiger partial charge in [0.15, 0.2) is 0 Å². The van der Waals surface area contributed by atoms with E-state index in [0.717, 1.165) is 0 Å². The SMILES string of the molecule is CCN(C)C(=O)C(C)NC(=O)CNC. The molecule has 0 saturated heterocycles. The van der Waals surface area contributed by atoms with Gasteiger partial charge in [-0.25, -0.2) is 0 Å². The summed E-state index contributed by atoms with van der Waals surface area (Å²) in [4.78, 5) is 24.2. The first-order chi connectivity index (χ1) is 6.52. The number of likely N-dealkylation sites (N-methyl/N-ethyl adjacent to an activating group) is 2. The molecule has 2 amide bonds. The lowest BCUT2D eigenvalue weighted by molar-refractivity contribution is -0.134. The number of hydrogen-bond acceptors (Lipinski definition) is 3. The monoisotopic (exact) mass is 201 g/mol. The second kappa shape index (κ2) is 6.37. The van der Waals surface area contributed by atoms with Gasteiger partial charge in [0.25, 0.3) is 0 Å². The standard InChI is InChI=1S/C9H19N3O2/c1-5-12(4)9(14)7(2)11-8(13)6-10-3/h7,10H,5-6H2,1-4H3,(H,11,13). The van der Waals surface area contributed by atoms with Crippen molar-refractivity contribution in [2.75, 3.05) is 27.2 Å². The van der Waals surface area contributed by atoms with Crippen molar-refractivity contribution in [2.45, 2.75) is 19.9 Å². The zero-order valence-electron chi connectivity index (χ0n) is 9.26. The second-order valence-electron chi connectivity index (χ2n) is 3.17. The van der Waals surface area contributed by atoms with Crippen LogP contribution in [0.4, 0.5) is 0 Å². The molecule has 1 unspecified atom stereocenters. The van der Waals surface area contributed by atoms with Crippen molar-refractivity contribution in [3.63, 3.8) is 0 Å². The summed E-state index contributed by atoms with van der Waals surface area (Å²) in [5.74, 6) is -0.241. The molecule has 1 atom stereocenters. The van der Waals surface area contributed by atoms with Gasteiger partial charge >= 0.3 is 0 Å². The summed E-state index contributed by atoms with van der Waals surface area (Å²) in [6.45, 7) is 4.45. The lowest BCUT2D eigenvalue weighted by Gasteiger charge is -2.20. The van der Waals surface area contributed by atoms with Crippen LogP contribution in [0.5, 0.6) is 0 Å². The summed E-state index contributed by atoms with van der Waals surface area (Å²) in [5.41, 5.74) is 0. The van der Waals surface area contributed by atoms with E-state index in [1.54, 1.807) is 25.9 Å². The molecule has 0 fully saturated rings. The molecule has 0 aromatic rings. The molecule has 14 heavy (non-hydrogen) atoms. The Labute approximate surface area is 84.8 Å². The molecule has 0 aliphatic rings. The molecule has 5 nitrogen and oxygen atoms in total. The lowest BCUT2D eigenvalue weighted by atomic mass is 10.3. The van der Waals surface area contributed by atoms with E-state index in [1.165, 1.54) is 0 Å². The molecule has 82 valence electrons. The summed E-state index contributed by atoms with van der Waals surface area (Å²) < 4.78 is 0. The van der Waals surface area contributed by atoms with Crippen LogP contribution in [-0.4, -0.2) is 49.9 Å². The van der Waals surface area contributed by atoms with Crippen molar-refractivity contribution in [1.82, 2.24) is 15.5 Å². The number of carbonyl (C=O) groups is 2. The molecule has 0 aliphatic carbocycles. The Hall–Kier alpha value is -1.10. The van der Waals surface area contributed by atoms with Crippen molar-refractivity contribution in [2.24, 2.45) is 0 Å². The summed E-state index contributed by atoms with van der Waals surface area (Å²) >= 11 is 0. The number of amides is 2. The van der Waals surface area contributed by atoms with Crippen LogP contribution in [0, 0.1) is 0 Å². The Morgan fingerprint density at radius 2 is 2.00 bits per heavy atom. The molecule has 0 bridgehead atoms. The minimum Gasteiger partial charge on any atom is -0.344 e. The third kappa shape index (κ3) is 4.23. The van der Waals surface area contributed by atoms with Gasteiger partial charge in [0, 0.05) is 13.6 Å². The Morgan fingerprint density at radius 1 is 1.43 bits per heavy atom. The normalized spacial score (nSPS) is 12.0. The second-order valence-corrected chi connectivity index (χ2v) is 3.17. The first-order valence-corrected chi connectivity index (χ1v) is 4.71. The van der Waals surface area contributed by atoms with E-state index in [1.807, 2.05) is 6.92 Å². The molecular weight excluding hydrogens is 182 g/mol. The fourth-order valence-electron chi connectivity index (χ4n) is 1.00. The molecule has 0 aromatic heterocycles. The molecule has 0 aliphatic heterocycles. The van der Waals surface area contributed by atoms with Crippen molar-refractivity contribution in [1.29, 1.82) is 0 Å². The Kier molecular flexibility index (Phi) is 5.87. The highest BCUT2D eigenvalue weighted by Crippen LogP contribution is 1.90. The third-order valence-electron chi connectivity index (χ3n) is 1.94. The fourth-order valence-corrected chi connectivity index (χ4v) is 1.00. The number of hydrogen-bond donors (Lipinski definition) is 2. The van der Waals surface area contributed by atoms with Crippen LogP contribution >= 0.6 is 0 Å². The van der Waals surface area contributed by atoms with Gasteiger partial charge in [-0.3, -0.25) is 9.59 Å². The van der Waals surface area contributed by atoms with E-state index < -0.39 is 6.04 Å². The van der Waals surface area contributed by atoms with Crippen LogP contribution in [-0.2, 0) is 9.59 Å². The van der Waals surface area contributed by atoms with E-state index in [-0.39, 0.29) is 18.4 Å². The first kappa shape index (κ1) is 12.9. The molecule has 0 radical (unpaired) electrons. The van der Waals surface area contributed by atoms with Crippen molar-refractivity contribution < 1.29 is 9.59 Å². The Morgan fingerprint density at radius 3 is 2.43 bits per heavy atom. The number of carbonyl (C=O) groups excluding carboxylic acids is 2. The smallest absolute Gasteiger partial charge is 0.244 e. The molecular formula is C9H19N3O2. The topological polar surface area (TPSA) is 61.4 Å². The molecule has 0 rings (SSSR count). The first-order valence-electron chi connectivity index (χ1n) is 4.71. The van der Waals surface area contributed by atoms with Crippen molar-refractivity contribution >= 4 is 11.8 Å². The summed E-state index contributed by atoms with van der Waals surface area (Å²) in [6, 6.07) is -0.458. The van der Waals surface area contributed by atoms with E-state index >= 15 is 0 Å². The molecule has 2 N–H and O–H groups in total. The van der Waals surface area contributed by atoms with Crippen LogP contribution < -0.4 is 10.6 Å². The van der Waals surface area contributed by atoms with E-state index in [4.69, 9.17) is 0 Å². The van der Waals surface area contributed by atoms with E-state index in [2.05, 4.69) is 10.6 Å². The fraction of sp³-hybridized carbons (Fsp3) is 0.778. The Balaban J connectivity index is 4.01. The van der Waals surface area contributed by atoms with Gasteiger partial charge in [-0.2, -0.15) is 0 Å². The maximum Gasteiger partial charge on any atom is 0.244 e. The van der Waals surface area contributed by atoms with Crippen LogP contribution in [0.3, 0.4) is 0 Å². The highest BCUT2D eigenvalue weighted by Gasteiger charge is 2.17. The zero-order chi connectivity index (χ0) is 11.1. The van der Waals surface area contributed by atoms with E-state index in [0.29, 0.717) is 6.54 Å². The lowest BCUT2D eigenvalue weighted by Crippen LogP contribution is -2.47. The average molecular weight is 201 g/mol. The molecule has 0 spiro atoms. The van der Waals surface area contributed by atoms with E-state index in [9.17, 15) is 9.59 Å². The van der Waals surface area contributed by atoms with Gasteiger partial charge in [-0.1, -0.05) is 0 Å². The van der Waals surface area contributed by atoms with Crippen LogP contribution in [0.25, 0.3) is 0 Å². The number of nitrogens with zero attached hydrogens (tertiary/aromatic N) is 1. The average Bonchev–Trinajstić information content (AvgIpc) is 2.15.